The first kappa shape index (κ1) is 20.1. The highest BCUT2D eigenvalue weighted by Gasteiger charge is 2.51. The van der Waals surface area contributed by atoms with Crippen LogP contribution in [0.2, 0.25) is 0 Å². The van der Waals surface area contributed by atoms with Gasteiger partial charge in [0.2, 0.25) is 0 Å². The average molecular weight is 378 g/mol. The summed E-state index contributed by atoms with van der Waals surface area (Å²) in [6.45, 7) is 0. The highest BCUT2D eigenvalue weighted by Crippen LogP contribution is 2.45. The van der Waals surface area contributed by atoms with Crippen LogP contribution in [-0.4, -0.2) is 12.0 Å². The summed E-state index contributed by atoms with van der Waals surface area (Å²) in [6, 6.07) is -1.96. The van der Waals surface area contributed by atoms with Crippen molar-refractivity contribution in [3.8, 4) is 0 Å². The van der Waals surface area contributed by atoms with Crippen LogP contribution in [0.4, 0.5) is 52.7 Å². The van der Waals surface area contributed by atoms with Crippen LogP contribution < -0.4 is 0 Å². The highest BCUT2D eigenvalue weighted by molar-refractivity contribution is 6.03. The summed E-state index contributed by atoms with van der Waals surface area (Å²) in [5.41, 5.74) is -11.4. The Morgan fingerprint density at radius 3 is 1.17 bits per heavy atom. The topological polar surface area (TPSA) is 17.1 Å². The van der Waals surface area contributed by atoms with Crippen molar-refractivity contribution >= 4 is 5.78 Å². The van der Waals surface area contributed by atoms with E-state index in [2.05, 4.69) is 0 Å². The molecule has 0 aliphatic carbocycles. The maximum Gasteiger partial charge on any atom is 0.454 e. The largest absolute Gasteiger partial charge is 0.454 e. The van der Waals surface area contributed by atoms with E-state index in [1.165, 1.54) is 0 Å². The maximum atomic E-state index is 12.7. The van der Waals surface area contributed by atoms with Gasteiger partial charge in [0, 0.05) is 0 Å². The second-order valence-electron chi connectivity index (χ2n) is 4.27. The zero-order valence-corrected chi connectivity index (χ0v) is 10.6. The number of carbonyl (C=O) groups excluding carboxylic acids is 1. The van der Waals surface area contributed by atoms with Crippen molar-refractivity contribution in [2.24, 2.45) is 0 Å². The van der Waals surface area contributed by atoms with Crippen molar-refractivity contribution in [1.29, 1.82) is 0 Å². The van der Waals surface area contributed by atoms with Gasteiger partial charge in [-0.25, -0.2) is 0 Å². The molecule has 0 saturated heterocycles. The molecule has 1 aromatic carbocycles. The van der Waals surface area contributed by atoms with Gasteiger partial charge in [-0.3, -0.25) is 4.79 Å². The van der Waals surface area contributed by atoms with E-state index in [1.807, 2.05) is 0 Å². The number of benzene rings is 1. The normalized spacial score (nSPS) is 14.0. The zero-order valence-electron chi connectivity index (χ0n) is 10.6. The second kappa shape index (κ2) is 5.55. The molecule has 0 N–H and O–H groups in total. The molecule has 0 bridgehead atoms. The number of halogens is 12. The summed E-state index contributed by atoms with van der Waals surface area (Å²) in [6.07, 6.45) is -24.0. The summed E-state index contributed by atoms with van der Waals surface area (Å²) in [4.78, 5) is 11.0. The highest BCUT2D eigenvalue weighted by atomic mass is 19.4. The van der Waals surface area contributed by atoms with Crippen LogP contribution in [0.15, 0.2) is 12.1 Å². The molecule has 1 aromatic rings. The van der Waals surface area contributed by atoms with Crippen molar-refractivity contribution in [2.45, 2.75) is 24.7 Å². The van der Waals surface area contributed by atoms with Crippen molar-refractivity contribution in [3.05, 3.63) is 34.4 Å². The predicted molar refractivity (Wildman–Crippen MR) is 51.8 cm³/mol. The lowest BCUT2D eigenvalue weighted by Gasteiger charge is -2.21. The molecule has 0 fully saturated rings. The van der Waals surface area contributed by atoms with E-state index in [0.29, 0.717) is 0 Å². The summed E-state index contributed by atoms with van der Waals surface area (Å²) >= 11 is 0. The Balaban J connectivity index is 4.00. The van der Waals surface area contributed by atoms with E-state index >= 15 is 0 Å². The molecule has 0 saturated carbocycles. The number of alkyl halides is 12. The monoisotopic (exact) mass is 378 g/mol. The van der Waals surface area contributed by atoms with Crippen LogP contribution in [0.25, 0.3) is 0 Å². The summed E-state index contributed by atoms with van der Waals surface area (Å²) in [5, 5.41) is 0. The fraction of sp³-hybridized carbons (Fsp3) is 0.364. The molecule has 0 amide bonds. The molecular weight excluding hydrogens is 376 g/mol. The van der Waals surface area contributed by atoms with E-state index in [9.17, 15) is 57.5 Å². The maximum absolute atomic E-state index is 12.7. The summed E-state index contributed by atoms with van der Waals surface area (Å²) in [5.74, 6) is -3.56. The summed E-state index contributed by atoms with van der Waals surface area (Å²) < 4.78 is 150. The minimum absolute atomic E-state index is 0.978. The number of ketones is 1. The smallest absolute Gasteiger partial charge is 0.284 e. The fourth-order valence-electron chi connectivity index (χ4n) is 1.64. The van der Waals surface area contributed by atoms with Gasteiger partial charge in [-0.1, -0.05) is 0 Å². The molecule has 0 heterocycles. The van der Waals surface area contributed by atoms with E-state index in [-0.39, 0.29) is 0 Å². The van der Waals surface area contributed by atoms with E-state index in [1.54, 1.807) is 0 Å². The van der Waals surface area contributed by atoms with Gasteiger partial charge >= 0.3 is 24.7 Å². The molecule has 0 aliphatic rings. The molecule has 0 spiro atoms. The molecule has 1 nitrogen and oxygen atoms in total. The Kier molecular flexibility index (Phi) is 4.65. The van der Waals surface area contributed by atoms with Crippen LogP contribution in [0, 0.1) is 0 Å². The Morgan fingerprint density at radius 2 is 0.958 bits per heavy atom. The molecule has 0 aromatic heterocycles. The SMILES string of the molecule is O=C(c1c(C(F)(F)F)cc(C(F)(F)F)cc1C(F)(F)F)C(F)(F)F. The lowest BCUT2D eigenvalue weighted by atomic mass is 9.93. The lowest BCUT2D eigenvalue weighted by Crippen LogP contribution is -2.30. The minimum Gasteiger partial charge on any atom is -0.284 e. The van der Waals surface area contributed by atoms with Crippen LogP contribution in [0.3, 0.4) is 0 Å². The molecule has 0 atom stereocenters. The molecule has 0 unspecified atom stereocenters. The molecule has 13 heteroatoms. The third-order valence-corrected chi connectivity index (χ3v) is 2.56. The average Bonchev–Trinajstić information content (AvgIpc) is 2.31. The van der Waals surface area contributed by atoms with Gasteiger partial charge in [0.1, 0.15) is 0 Å². The second-order valence-corrected chi connectivity index (χ2v) is 4.27. The third kappa shape index (κ3) is 4.12. The standard InChI is InChI=1S/C11H2F12O/c12-8(13,14)3-1-4(9(15,16)17)6(7(24)11(21,22)23)5(2-3)10(18,19)20/h1-2H. The fourth-order valence-corrected chi connectivity index (χ4v) is 1.64. The number of Topliss-reactive ketones (excluding diaryl/α,β-unsaturated/α-hetero) is 1. The van der Waals surface area contributed by atoms with E-state index in [0.717, 1.165) is 0 Å². The van der Waals surface area contributed by atoms with E-state index < -0.39 is 64.9 Å². The Hall–Kier alpha value is -1.95. The van der Waals surface area contributed by atoms with Crippen molar-refractivity contribution in [3.63, 3.8) is 0 Å². The van der Waals surface area contributed by atoms with Gasteiger partial charge in [0.25, 0.3) is 5.78 Å². The molecule has 0 radical (unpaired) electrons. The Bertz CT molecular complexity index is 608. The first-order valence-corrected chi connectivity index (χ1v) is 5.38. The molecule has 0 aliphatic heterocycles. The van der Waals surface area contributed by atoms with E-state index in [4.69, 9.17) is 0 Å². The zero-order chi connectivity index (χ0) is 19.3. The van der Waals surface area contributed by atoms with Crippen LogP contribution in [0.5, 0.6) is 0 Å². The van der Waals surface area contributed by atoms with Crippen LogP contribution in [-0.2, 0) is 18.5 Å². The lowest BCUT2D eigenvalue weighted by molar-refractivity contribution is -0.149. The first-order valence-electron chi connectivity index (χ1n) is 5.38. The van der Waals surface area contributed by atoms with Gasteiger partial charge in [-0.15, -0.1) is 0 Å². The van der Waals surface area contributed by atoms with Crippen molar-refractivity contribution in [2.75, 3.05) is 0 Å². The van der Waals surface area contributed by atoms with Crippen LogP contribution in [0.1, 0.15) is 27.0 Å². The van der Waals surface area contributed by atoms with Crippen molar-refractivity contribution < 1.29 is 57.5 Å². The van der Waals surface area contributed by atoms with Gasteiger partial charge < -0.3 is 0 Å². The molecule has 24 heavy (non-hydrogen) atoms. The third-order valence-electron chi connectivity index (χ3n) is 2.56. The van der Waals surface area contributed by atoms with Gasteiger partial charge in [0.15, 0.2) is 0 Å². The van der Waals surface area contributed by atoms with Gasteiger partial charge in [-0.05, 0) is 12.1 Å². The Labute approximate surface area is 123 Å². The molecule has 1 rings (SSSR count). The number of hydrogen-bond acceptors (Lipinski definition) is 1. The number of rotatable bonds is 1. The van der Waals surface area contributed by atoms with Crippen LogP contribution >= 0.6 is 0 Å². The van der Waals surface area contributed by atoms with Gasteiger partial charge in [-0.2, -0.15) is 52.7 Å². The number of carbonyl (C=O) groups is 1. The predicted octanol–water partition coefficient (Wildman–Crippen LogP) is 5.49. The quantitative estimate of drug-likeness (QED) is 0.467. The Morgan fingerprint density at radius 1 is 0.625 bits per heavy atom. The molecular formula is C11H2F12O. The molecule has 136 valence electrons. The summed E-state index contributed by atoms with van der Waals surface area (Å²) in [7, 11) is 0. The number of hydrogen-bond donors (Lipinski definition) is 0. The van der Waals surface area contributed by atoms with Gasteiger partial charge in [0.05, 0.1) is 22.3 Å². The van der Waals surface area contributed by atoms with Crippen molar-refractivity contribution in [1.82, 2.24) is 0 Å². The first-order chi connectivity index (χ1) is 10.4. The minimum atomic E-state index is -6.17.